The number of nitrogens with two attached hydrogens (primary N) is 1. The molecule has 1 aliphatic heterocycles. The van der Waals surface area contributed by atoms with E-state index in [1.54, 1.807) is 10.6 Å². The van der Waals surface area contributed by atoms with Crippen LogP contribution in [0.4, 0.5) is 5.82 Å². The third-order valence-corrected chi connectivity index (χ3v) is 3.52. The molecule has 1 aliphatic rings. The van der Waals surface area contributed by atoms with Crippen LogP contribution in [0.15, 0.2) is 12.4 Å². The molecule has 2 aromatic rings. The Balaban J connectivity index is 2.11. The summed E-state index contributed by atoms with van der Waals surface area (Å²) in [5.41, 5.74) is 5.48. The van der Waals surface area contributed by atoms with Crippen LogP contribution in [-0.2, 0) is 4.79 Å². The minimum Gasteiger partial charge on any atom is -0.368 e. The van der Waals surface area contributed by atoms with E-state index in [1.807, 2.05) is 4.90 Å². The van der Waals surface area contributed by atoms with Crippen molar-refractivity contribution in [1.82, 2.24) is 19.6 Å². The highest BCUT2D eigenvalue weighted by molar-refractivity contribution is 6.29. The van der Waals surface area contributed by atoms with E-state index in [0.717, 1.165) is 25.8 Å². The highest BCUT2D eigenvalue weighted by atomic mass is 35.5. The molecule has 1 atom stereocenters. The van der Waals surface area contributed by atoms with Crippen molar-refractivity contribution in [2.75, 3.05) is 11.4 Å². The van der Waals surface area contributed by atoms with Gasteiger partial charge in [0.05, 0.1) is 0 Å². The van der Waals surface area contributed by atoms with E-state index < -0.39 is 0 Å². The van der Waals surface area contributed by atoms with Crippen LogP contribution in [0.25, 0.3) is 5.78 Å². The zero-order valence-electron chi connectivity index (χ0n) is 10.2. The van der Waals surface area contributed by atoms with E-state index >= 15 is 0 Å². The van der Waals surface area contributed by atoms with Crippen molar-refractivity contribution in [2.24, 2.45) is 5.73 Å². The normalized spacial score (nSPS) is 19.8. The fourth-order valence-electron chi connectivity index (χ4n) is 2.47. The minimum absolute atomic E-state index is 0.323. The van der Waals surface area contributed by atoms with Crippen LogP contribution >= 0.6 is 11.6 Å². The Morgan fingerprint density at radius 2 is 2.32 bits per heavy atom. The van der Waals surface area contributed by atoms with E-state index in [9.17, 15) is 4.79 Å². The van der Waals surface area contributed by atoms with E-state index in [2.05, 4.69) is 15.1 Å². The van der Waals surface area contributed by atoms with Gasteiger partial charge in [-0.1, -0.05) is 11.6 Å². The van der Waals surface area contributed by atoms with Crippen LogP contribution in [0.3, 0.4) is 0 Å². The molecule has 0 spiro atoms. The van der Waals surface area contributed by atoms with Gasteiger partial charge in [0.25, 0.3) is 5.78 Å². The molecule has 1 amide bonds. The lowest BCUT2D eigenvalue weighted by molar-refractivity contribution is -0.119. The van der Waals surface area contributed by atoms with Gasteiger partial charge in [0.2, 0.25) is 5.91 Å². The Hall–Kier alpha value is -1.89. The van der Waals surface area contributed by atoms with Gasteiger partial charge in [0, 0.05) is 12.6 Å². The number of piperidine rings is 1. The molecule has 2 N–H and O–H groups in total. The van der Waals surface area contributed by atoms with Crippen molar-refractivity contribution < 1.29 is 4.79 Å². The predicted octanol–water partition coefficient (Wildman–Crippen LogP) is 0.622. The molecule has 100 valence electrons. The van der Waals surface area contributed by atoms with Crippen LogP contribution in [0.1, 0.15) is 19.3 Å². The van der Waals surface area contributed by atoms with Crippen molar-refractivity contribution >= 4 is 29.1 Å². The van der Waals surface area contributed by atoms with E-state index in [4.69, 9.17) is 17.3 Å². The number of hydrogen-bond acceptors (Lipinski definition) is 5. The minimum atomic E-state index is -0.334. The molecule has 0 aliphatic carbocycles. The van der Waals surface area contributed by atoms with Crippen LogP contribution in [-0.4, -0.2) is 38.1 Å². The molecular weight excluding hydrogens is 268 g/mol. The summed E-state index contributed by atoms with van der Waals surface area (Å²) in [5, 5.41) is 4.44. The number of aromatic nitrogens is 4. The average molecular weight is 281 g/mol. The van der Waals surface area contributed by atoms with Gasteiger partial charge in [-0.2, -0.15) is 19.6 Å². The first-order chi connectivity index (χ1) is 9.16. The summed E-state index contributed by atoms with van der Waals surface area (Å²) < 4.78 is 1.58. The number of rotatable bonds is 2. The highest BCUT2D eigenvalue weighted by Gasteiger charge is 2.29. The number of amides is 1. The first-order valence-electron chi connectivity index (χ1n) is 6.09. The number of fused-ring (bicyclic) bond motifs is 1. The zero-order valence-corrected chi connectivity index (χ0v) is 10.9. The van der Waals surface area contributed by atoms with Gasteiger partial charge in [-0.25, -0.2) is 0 Å². The Morgan fingerprint density at radius 1 is 1.47 bits per heavy atom. The van der Waals surface area contributed by atoms with Gasteiger partial charge in [0.15, 0.2) is 0 Å². The van der Waals surface area contributed by atoms with E-state index in [1.165, 1.54) is 6.33 Å². The van der Waals surface area contributed by atoms with Gasteiger partial charge in [-0.15, -0.1) is 0 Å². The summed E-state index contributed by atoms with van der Waals surface area (Å²) in [7, 11) is 0. The number of nitrogens with zero attached hydrogens (tertiary/aromatic N) is 5. The third-order valence-electron chi connectivity index (χ3n) is 3.33. The Labute approximate surface area is 114 Å². The number of anilines is 1. The molecule has 0 saturated carbocycles. The largest absolute Gasteiger partial charge is 0.368 e. The smallest absolute Gasteiger partial charge is 0.255 e. The Bertz CT molecular complexity index is 627. The topological polar surface area (TPSA) is 89.4 Å². The van der Waals surface area contributed by atoms with E-state index in [-0.39, 0.29) is 11.9 Å². The third kappa shape index (κ3) is 2.10. The molecular formula is C11H13ClN6O. The summed E-state index contributed by atoms with van der Waals surface area (Å²) in [4.78, 5) is 21.6. The van der Waals surface area contributed by atoms with Gasteiger partial charge >= 0.3 is 0 Å². The SMILES string of the molecule is NC(=O)C1CCCCN1c1cc(Cl)nc2ncnn12. The first-order valence-corrected chi connectivity index (χ1v) is 6.47. The Morgan fingerprint density at radius 3 is 3.11 bits per heavy atom. The van der Waals surface area contributed by atoms with Crippen LogP contribution in [0, 0.1) is 0 Å². The van der Waals surface area contributed by atoms with Gasteiger partial charge < -0.3 is 10.6 Å². The summed E-state index contributed by atoms with van der Waals surface area (Å²) in [6, 6.07) is 1.35. The number of hydrogen-bond donors (Lipinski definition) is 1. The molecule has 19 heavy (non-hydrogen) atoms. The molecule has 0 radical (unpaired) electrons. The lowest BCUT2D eigenvalue weighted by Crippen LogP contribution is -2.48. The Kier molecular flexibility index (Phi) is 2.98. The summed E-state index contributed by atoms with van der Waals surface area (Å²) in [5.74, 6) is 0.785. The molecule has 1 unspecified atom stereocenters. The standard InChI is InChI=1S/C11H13ClN6O/c12-8-5-9(18-11(16-8)14-6-15-18)17-4-2-1-3-7(17)10(13)19/h5-7H,1-4H2,(H2,13,19). The quantitative estimate of drug-likeness (QED) is 0.815. The maximum atomic E-state index is 11.6. The maximum absolute atomic E-state index is 11.6. The number of primary amides is 1. The molecule has 3 heterocycles. The summed E-state index contributed by atoms with van der Waals surface area (Å²) in [6.45, 7) is 0.739. The molecule has 0 bridgehead atoms. The van der Waals surface area contributed by atoms with Crippen molar-refractivity contribution in [3.05, 3.63) is 17.5 Å². The van der Waals surface area contributed by atoms with Crippen LogP contribution in [0.2, 0.25) is 5.15 Å². The van der Waals surface area contributed by atoms with Crippen molar-refractivity contribution in [1.29, 1.82) is 0 Å². The molecule has 1 saturated heterocycles. The second-order valence-electron chi connectivity index (χ2n) is 4.52. The maximum Gasteiger partial charge on any atom is 0.255 e. The molecule has 2 aromatic heterocycles. The lowest BCUT2D eigenvalue weighted by Gasteiger charge is -2.35. The lowest BCUT2D eigenvalue weighted by atomic mass is 10.0. The molecule has 0 aromatic carbocycles. The fourth-order valence-corrected chi connectivity index (χ4v) is 2.65. The van der Waals surface area contributed by atoms with Gasteiger partial charge in [-0.05, 0) is 19.3 Å². The first kappa shape index (κ1) is 12.2. The number of carbonyl (C=O) groups excluding carboxylic acids is 1. The molecule has 7 nitrogen and oxygen atoms in total. The predicted molar refractivity (Wildman–Crippen MR) is 70.0 cm³/mol. The second-order valence-corrected chi connectivity index (χ2v) is 4.90. The second kappa shape index (κ2) is 4.65. The van der Waals surface area contributed by atoms with Crippen LogP contribution < -0.4 is 10.6 Å². The molecule has 8 heteroatoms. The van der Waals surface area contributed by atoms with Crippen molar-refractivity contribution in [2.45, 2.75) is 25.3 Å². The number of halogens is 1. The van der Waals surface area contributed by atoms with Crippen LogP contribution in [0.5, 0.6) is 0 Å². The van der Waals surface area contributed by atoms with Crippen molar-refractivity contribution in [3.8, 4) is 0 Å². The van der Waals surface area contributed by atoms with E-state index in [0.29, 0.717) is 16.7 Å². The zero-order chi connectivity index (χ0) is 13.4. The summed E-state index contributed by atoms with van der Waals surface area (Å²) >= 11 is 5.99. The molecule has 3 rings (SSSR count). The van der Waals surface area contributed by atoms with Gasteiger partial charge in [0.1, 0.15) is 23.3 Å². The summed E-state index contributed by atoms with van der Waals surface area (Å²) in [6.07, 6.45) is 4.14. The number of carbonyl (C=O) groups is 1. The highest BCUT2D eigenvalue weighted by Crippen LogP contribution is 2.26. The van der Waals surface area contributed by atoms with Gasteiger partial charge in [-0.3, -0.25) is 4.79 Å². The fraction of sp³-hybridized carbons (Fsp3) is 0.455. The average Bonchev–Trinajstić information content (AvgIpc) is 2.85. The van der Waals surface area contributed by atoms with Crippen molar-refractivity contribution in [3.63, 3.8) is 0 Å². The molecule has 1 fully saturated rings. The monoisotopic (exact) mass is 280 g/mol.